The lowest BCUT2D eigenvalue weighted by molar-refractivity contribution is 0.307. The number of allylic oxidation sites excluding steroid dienone is 2. The van der Waals surface area contributed by atoms with E-state index in [9.17, 15) is 0 Å². The summed E-state index contributed by atoms with van der Waals surface area (Å²) >= 11 is 0. The molecule has 2 aromatic heterocycles. The van der Waals surface area contributed by atoms with Crippen molar-refractivity contribution in [2.45, 2.75) is 45.6 Å². The molecule has 1 atom stereocenters. The SMILES string of the molecule is CC1(CN)CC=C(c2cnc3c(n2)CN=C3N2CCCc3ncccc32)CC1. The molecule has 0 aromatic carbocycles. The van der Waals surface area contributed by atoms with Crippen LogP contribution in [0.25, 0.3) is 5.57 Å². The van der Waals surface area contributed by atoms with E-state index in [1.807, 2.05) is 18.5 Å². The molecule has 0 bridgehead atoms. The van der Waals surface area contributed by atoms with Crippen LogP contribution in [-0.2, 0) is 13.0 Å². The summed E-state index contributed by atoms with van der Waals surface area (Å²) in [6.45, 7) is 4.55. The largest absolute Gasteiger partial charge is 0.330 e. The van der Waals surface area contributed by atoms with E-state index >= 15 is 0 Å². The van der Waals surface area contributed by atoms with Crippen LogP contribution in [0.3, 0.4) is 0 Å². The molecular formula is C22H26N6. The van der Waals surface area contributed by atoms with Crippen LogP contribution >= 0.6 is 0 Å². The number of aliphatic imine (C=N–C) groups is 1. The molecule has 2 aliphatic heterocycles. The lowest BCUT2D eigenvalue weighted by Crippen LogP contribution is -2.36. The molecule has 6 nitrogen and oxygen atoms in total. The minimum Gasteiger partial charge on any atom is -0.330 e. The number of amidine groups is 1. The first-order valence-electron chi connectivity index (χ1n) is 10.2. The molecule has 4 heterocycles. The van der Waals surface area contributed by atoms with Gasteiger partial charge in [0, 0.05) is 12.7 Å². The zero-order valence-corrected chi connectivity index (χ0v) is 16.4. The maximum Gasteiger partial charge on any atom is 0.156 e. The number of pyridine rings is 1. The van der Waals surface area contributed by atoms with Gasteiger partial charge in [0.1, 0.15) is 5.69 Å². The van der Waals surface area contributed by atoms with Crippen molar-refractivity contribution in [3.8, 4) is 0 Å². The molecule has 5 rings (SSSR count). The summed E-state index contributed by atoms with van der Waals surface area (Å²) in [7, 11) is 0. The van der Waals surface area contributed by atoms with E-state index in [1.165, 1.54) is 5.57 Å². The summed E-state index contributed by atoms with van der Waals surface area (Å²) in [5.74, 6) is 0.941. The number of aryl methyl sites for hydroxylation is 1. The van der Waals surface area contributed by atoms with Gasteiger partial charge in [-0.3, -0.25) is 9.98 Å². The molecule has 1 aliphatic carbocycles. The number of nitrogens with two attached hydrogens (primary N) is 1. The molecule has 0 radical (unpaired) electrons. The molecule has 0 amide bonds. The Kier molecular flexibility index (Phi) is 4.23. The van der Waals surface area contributed by atoms with E-state index in [2.05, 4.69) is 29.0 Å². The van der Waals surface area contributed by atoms with Crippen molar-refractivity contribution in [1.29, 1.82) is 0 Å². The maximum absolute atomic E-state index is 5.93. The second kappa shape index (κ2) is 6.78. The highest BCUT2D eigenvalue weighted by Gasteiger charge is 2.30. The Balaban J connectivity index is 1.42. The molecule has 1 unspecified atom stereocenters. The number of anilines is 1. The summed E-state index contributed by atoms with van der Waals surface area (Å²) in [6.07, 6.45) is 11.3. The average Bonchev–Trinajstić information content (AvgIpc) is 3.17. The third-order valence-electron chi connectivity index (χ3n) is 6.30. The summed E-state index contributed by atoms with van der Waals surface area (Å²) in [5.41, 5.74) is 12.6. The first-order valence-corrected chi connectivity index (χ1v) is 10.2. The Hall–Kier alpha value is -2.60. The highest BCUT2D eigenvalue weighted by atomic mass is 15.2. The van der Waals surface area contributed by atoms with E-state index in [1.54, 1.807) is 0 Å². The maximum atomic E-state index is 5.93. The van der Waals surface area contributed by atoms with Gasteiger partial charge in [0.15, 0.2) is 5.84 Å². The number of hydrogen-bond acceptors (Lipinski definition) is 6. The molecule has 2 aromatic rings. The topological polar surface area (TPSA) is 80.3 Å². The predicted molar refractivity (Wildman–Crippen MR) is 111 cm³/mol. The van der Waals surface area contributed by atoms with Gasteiger partial charge >= 0.3 is 0 Å². The Morgan fingerprint density at radius 2 is 2.14 bits per heavy atom. The van der Waals surface area contributed by atoms with Gasteiger partial charge in [-0.2, -0.15) is 0 Å². The van der Waals surface area contributed by atoms with Crippen molar-refractivity contribution < 1.29 is 0 Å². The van der Waals surface area contributed by atoms with Crippen LogP contribution in [-0.4, -0.2) is 33.9 Å². The lowest BCUT2D eigenvalue weighted by atomic mass is 9.76. The Bertz CT molecular complexity index is 979. The lowest BCUT2D eigenvalue weighted by Gasteiger charge is -2.31. The molecule has 0 spiro atoms. The van der Waals surface area contributed by atoms with Crippen LogP contribution in [0, 0.1) is 5.41 Å². The number of rotatable bonds is 2. The summed E-state index contributed by atoms with van der Waals surface area (Å²) in [6, 6.07) is 4.12. The van der Waals surface area contributed by atoms with Crippen molar-refractivity contribution in [2.75, 3.05) is 18.0 Å². The van der Waals surface area contributed by atoms with Crippen LogP contribution in [0.15, 0.2) is 35.6 Å². The van der Waals surface area contributed by atoms with Crippen molar-refractivity contribution in [1.82, 2.24) is 15.0 Å². The van der Waals surface area contributed by atoms with Crippen molar-refractivity contribution in [2.24, 2.45) is 16.1 Å². The summed E-state index contributed by atoms with van der Waals surface area (Å²) in [4.78, 5) is 21.3. The highest BCUT2D eigenvalue weighted by molar-refractivity contribution is 6.11. The van der Waals surface area contributed by atoms with Gasteiger partial charge in [-0.05, 0) is 61.8 Å². The van der Waals surface area contributed by atoms with Crippen molar-refractivity contribution in [3.63, 3.8) is 0 Å². The van der Waals surface area contributed by atoms with Gasteiger partial charge in [0.2, 0.25) is 0 Å². The van der Waals surface area contributed by atoms with Gasteiger partial charge in [-0.15, -0.1) is 0 Å². The van der Waals surface area contributed by atoms with Crippen LogP contribution in [0.2, 0.25) is 0 Å². The molecule has 0 fully saturated rings. The quantitative estimate of drug-likeness (QED) is 0.874. The Labute approximate surface area is 165 Å². The minimum atomic E-state index is 0.222. The van der Waals surface area contributed by atoms with E-state index in [0.29, 0.717) is 6.54 Å². The molecule has 28 heavy (non-hydrogen) atoms. The van der Waals surface area contributed by atoms with Gasteiger partial charge in [-0.1, -0.05) is 13.0 Å². The molecule has 2 N–H and O–H groups in total. The molecule has 3 aliphatic rings. The second-order valence-electron chi connectivity index (χ2n) is 8.36. The summed E-state index contributed by atoms with van der Waals surface area (Å²) < 4.78 is 0. The highest BCUT2D eigenvalue weighted by Crippen LogP contribution is 2.37. The number of hydrogen-bond donors (Lipinski definition) is 1. The number of aromatic nitrogens is 3. The van der Waals surface area contributed by atoms with Crippen LogP contribution in [0.5, 0.6) is 0 Å². The zero-order valence-electron chi connectivity index (χ0n) is 16.4. The third kappa shape index (κ3) is 2.92. The average molecular weight is 374 g/mol. The normalized spacial score (nSPS) is 23.7. The first-order chi connectivity index (χ1) is 13.7. The number of fused-ring (bicyclic) bond motifs is 2. The van der Waals surface area contributed by atoms with Gasteiger partial charge in [0.25, 0.3) is 0 Å². The Morgan fingerprint density at radius 3 is 2.96 bits per heavy atom. The molecular weight excluding hydrogens is 348 g/mol. The Morgan fingerprint density at radius 1 is 1.21 bits per heavy atom. The van der Waals surface area contributed by atoms with E-state index < -0.39 is 0 Å². The van der Waals surface area contributed by atoms with E-state index in [0.717, 1.165) is 79.5 Å². The number of nitrogens with zero attached hydrogens (tertiary/aromatic N) is 5. The van der Waals surface area contributed by atoms with Crippen LogP contribution in [0.1, 0.15) is 55.4 Å². The van der Waals surface area contributed by atoms with Crippen LogP contribution < -0.4 is 10.6 Å². The van der Waals surface area contributed by atoms with E-state index in [4.69, 9.17) is 20.7 Å². The molecule has 6 heteroatoms. The van der Waals surface area contributed by atoms with Gasteiger partial charge < -0.3 is 10.6 Å². The van der Waals surface area contributed by atoms with E-state index in [-0.39, 0.29) is 5.41 Å². The smallest absolute Gasteiger partial charge is 0.156 e. The molecule has 0 saturated heterocycles. The van der Waals surface area contributed by atoms with Gasteiger partial charge in [-0.25, -0.2) is 9.97 Å². The predicted octanol–water partition coefficient (Wildman–Crippen LogP) is 3.12. The second-order valence-corrected chi connectivity index (χ2v) is 8.36. The monoisotopic (exact) mass is 374 g/mol. The van der Waals surface area contributed by atoms with Gasteiger partial charge in [0.05, 0.1) is 35.5 Å². The first kappa shape index (κ1) is 17.5. The summed E-state index contributed by atoms with van der Waals surface area (Å²) in [5, 5.41) is 0. The molecule has 144 valence electrons. The fraction of sp³-hybridized carbons (Fsp3) is 0.455. The standard InChI is InChI=1S/C22H26N6/c1-22(14-23)8-6-15(7-9-22)17-12-25-20-18(27-17)13-26-21(20)28-11-3-4-16-19(28)5-2-10-24-16/h2,5-6,10,12H,3-4,7-9,11,13-14,23H2,1H3. The van der Waals surface area contributed by atoms with Crippen molar-refractivity contribution >= 4 is 17.1 Å². The fourth-order valence-corrected chi connectivity index (χ4v) is 4.36. The fourth-order valence-electron chi connectivity index (χ4n) is 4.36. The zero-order chi connectivity index (χ0) is 19.1. The van der Waals surface area contributed by atoms with Crippen molar-refractivity contribution in [3.05, 3.63) is 53.4 Å². The molecule has 0 saturated carbocycles. The van der Waals surface area contributed by atoms with Crippen LogP contribution in [0.4, 0.5) is 5.69 Å². The third-order valence-corrected chi connectivity index (χ3v) is 6.30. The minimum absolute atomic E-state index is 0.222.